The van der Waals surface area contributed by atoms with Gasteiger partial charge < -0.3 is 5.32 Å². The summed E-state index contributed by atoms with van der Waals surface area (Å²) in [6.45, 7) is 2.64. The van der Waals surface area contributed by atoms with E-state index in [2.05, 4.69) is 28.6 Å². The zero-order chi connectivity index (χ0) is 17.7. The lowest BCUT2D eigenvalue weighted by molar-refractivity contribution is -0.130. The van der Waals surface area contributed by atoms with Crippen molar-refractivity contribution in [2.45, 2.75) is 51.6 Å². The first kappa shape index (κ1) is 17.2. The third-order valence-corrected chi connectivity index (χ3v) is 5.04. The van der Waals surface area contributed by atoms with E-state index in [4.69, 9.17) is 0 Å². The molecule has 0 unspecified atom stereocenters. The Morgan fingerprint density at radius 2 is 2.04 bits per heavy atom. The Kier molecular flexibility index (Phi) is 5.18. The van der Waals surface area contributed by atoms with E-state index < -0.39 is 5.41 Å². The van der Waals surface area contributed by atoms with Crippen LogP contribution in [0.15, 0.2) is 42.7 Å². The molecule has 0 bridgehead atoms. The standard InChI is InChI=1S/C20H24N4O/c1-16(23-19(25)20(15-21)10-6-3-7-11-20)18-12-22-24(14-18)13-17-8-4-2-5-9-17/h2,4-5,8-9,12,14,16H,3,6-7,10-11,13H2,1H3,(H,23,25)/t16-/m1/s1. The largest absolute Gasteiger partial charge is 0.348 e. The number of amides is 1. The number of nitrogens with one attached hydrogen (secondary N) is 1. The maximum absolute atomic E-state index is 12.7. The summed E-state index contributed by atoms with van der Waals surface area (Å²) in [6, 6.07) is 12.2. The van der Waals surface area contributed by atoms with E-state index in [1.165, 1.54) is 5.56 Å². The van der Waals surface area contributed by atoms with Gasteiger partial charge in [-0.3, -0.25) is 9.48 Å². The van der Waals surface area contributed by atoms with Crippen molar-refractivity contribution in [1.82, 2.24) is 15.1 Å². The number of benzene rings is 1. The molecule has 1 fully saturated rings. The summed E-state index contributed by atoms with van der Waals surface area (Å²) in [4.78, 5) is 12.7. The average Bonchev–Trinajstić information content (AvgIpc) is 3.11. The number of rotatable bonds is 5. The molecule has 0 saturated heterocycles. The van der Waals surface area contributed by atoms with Gasteiger partial charge in [-0.15, -0.1) is 0 Å². The number of hydrogen-bond donors (Lipinski definition) is 1. The topological polar surface area (TPSA) is 70.7 Å². The van der Waals surface area contributed by atoms with Gasteiger partial charge in [-0.2, -0.15) is 10.4 Å². The van der Waals surface area contributed by atoms with Gasteiger partial charge in [0.15, 0.2) is 0 Å². The van der Waals surface area contributed by atoms with Crippen molar-refractivity contribution < 1.29 is 4.79 Å². The molecule has 0 aliphatic heterocycles. The second-order valence-corrected chi connectivity index (χ2v) is 6.91. The Morgan fingerprint density at radius 1 is 1.32 bits per heavy atom. The highest BCUT2D eigenvalue weighted by Gasteiger charge is 2.40. The molecular weight excluding hydrogens is 312 g/mol. The van der Waals surface area contributed by atoms with Crippen molar-refractivity contribution in [3.8, 4) is 6.07 Å². The lowest BCUT2D eigenvalue weighted by Crippen LogP contribution is -2.42. The molecule has 5 heteroatoms. The van der Waals surface area contributed by atoms with Crippen molar-refractivity contribution in [2.24, 2.45) is 5.41 Å². The number of nitrogens with zero attached hydrogens (tertiary/aromatic N) is 3. The zero-order valence-corrected chi connectivity index (χ0v) is 14.6. The fraction of sp³-hybridized carbons (Fsp3) is 0.450. The van der Waals surface area contributed by atoms with Crippen LogP contribution >= 0.6 is 0 Å². The number of carbonyl (C=O) groups is 1. The van der Waals surface area contributed by atoms with Crippen LogP contribution in [0.1, 0.15) is 56.2 Å². The minimum atomic E-state index is -0.855. The first-order valence-electron chi connectivity index (χ1n) is 8.91. The summed E-state index contributed by atoms with van der Waals surface area (Å²) in [5, 5.41) is 16.9. The van der Waals surface area contributed by atoms with Gasteiger partial charge in [-0.25, -0.2) is 0 Å². The Bertz CT molecular complexity index is 754. The van der Waals surface area contributed by atoms with Crippen molar-refractivity contribution in [1.29, 1.82) is 5.26 Å². The highest BCUT2D eigenvalue weighted by Crippen LogP contribution is 2.36. The van der Waals surface area contributed by atoms with Gasteiger partial charge in [0.05, 0.1) is 24.9 Å². The lowest BCUT2D eigenvalue weighted by atomic mass is 9.74. The molecule has 5 nitrogen and oxygen atoms in total. The number of nitriles is 1. The molecule has 1 N–H and O–H groups in total. The highest BCUT2D eigenvalue weighted by molar-refractivity contribution is 5.85. The van der Waals surface area contributed by atoms with Crippen LogP contribution in [0.25, 0.3) is 0 Å². The van der Waals surface area contributed by atoms with Gasteiger partial charge in [-0.1, -0.05) is 49.6 Å². The number of carbonyl (C=O) groups excluding carboxylic acids is 1. The maximum atomic E-state index is 12.7. The molecule has 1 saturated carbocycles. The molecule has 2 aromatic rings. The van der Waals surface area contributed by atoms with E-state index in [-0.39, 0.29) is 11.9 Å². The van der Waals surface area contributed by atoms with Crippen LogP contribution in [0.2, 0.25) is 0 Å². The van der Waals surface area contributed by atoms with Crippen LogP contribution < -0.4 is 5.32 Å². The Morgan fingerprint density at radius 3 is 2.72 bits per heavy atom. The summed E-state index contributed by atoms with van der Waals surface area (Å²) in [7, 11) is 0. The monoisotopic (exact) mass is 336 g/mol. The van der Waals surface area contributed by atoms with Gasteiger partial charge >= 0.3 is 0 Å². The molecule has 1 aliphatic carbocycles. The molecule has 0 spiro atoms. The zero-order valence-electron chi connectivity index (χ0n) is 14.6. The van der Waals surface area contributed by atoms with Crippen LogP contribution in [-0.4, -0.2) is 15.7 Å². The second-order valence-electron chi connectivity index (χ2n) is 6.91. The van der Waals surface area contributed by atoms with Crippen LogP contribution in [0.4, 0.5) is 0 Å². The van der Waals surface area contributed by atoms with Crippen molar-refractivity contribution in [3.63, 3.8) is 0 Å². The van der Waals surface area contributed by atoms with Gasteiger partial charge in [0.2, 0.25) is 5.91 Å². The molecule has 25 heavy (non-hydrogen) atoms. The van der Waals surface area contributed by atoms with Gasteiger partial charge in [0.25, 0.3) is 0 Å². The first-order valence-corrected chi connectivity index (χ1v) is 8.91. The van der Waals surface area contributed by atoms with E-state index in [0.29, 0.717) is 19.4 Å². The summed E-state index contributed by atoms with van der Waals surface area (Å²) < 4.78 is 1.87. The van der Waals surface area contributed by atoms with E-state index >= 15 is 0 Å². The maximum Gasteiger partial charge on any atom is 0.240 e. The molecule has 1 amide bonds. The quantitative estimate of drug-likeness (QED) is 0.907. The van der Waals surface area contributed by atoms with Crippen molar-refractivity contribution in [2.75, 3.05) is 0 Å². The Balaban J connectivity index is 1.64. The molecule has 130 valence electrons. The minimum Gasteiger partial charge on any atom is -0.348 e. The summed E-state index contributed by atoms with van der Waals surface area (Å²) in [6.07, 6.45) is 8.07. The van der Waals surface area contributed by atoms with E-state index in [1.807, 2.05) is 36.0 Å². The van der Waals surface area contributed by atoms with Crippen LogP contribution in [0.5, 0.6) is 0 Å². The summed E-state index contributed by atoms with van der Waals surface area (Å²) in [5.41, 5.74) is 1.28. The van der Waals surface area contributed by atoms with Crippen LogP contribution in [0.3, 0.4) is 0 Å². The predicted octanol–water partition coefficient (Wildman–Crippen LogP) is 3.58. The molecule has 3 rings (SSSR count). The van der Waals surface area contributed by atoms with E-state index in [1.54, 1.807) is 6.20 Å². The van der Waals surface area contributed by atoms with Gasteiger partial charge in [0, 0.05) is 11.8 Å². The summed E-state index contributed by atoms with van der Waals surface area (Å²) in [5.74, 6) is -0.141. The van der Waals surface area contributed by atoms with Gasteiger partial charge in [-0.05, 0) is 25.3 Å². The number of hydrogen-bond acceptors (Lipinski definition) is 3. The summed E-state index contributed by atoms with van der Waals surface area (Å²) >= 11 is 0. The van der Waals surface area contributed by atoms with E-state index in [0.717, 1.165) is 24.8 Å². The SMILES string of the molecule is C[C@@H](NC(=O)C1(C#N)CCCCC1)c1cnn(Cc2ccccc2)c1. The third-order valence-electron chi connectivity index (χ3n) is 5.04. The van der Waals surface area contributed by atoms with Crippen LogP contribution in [0, 0.1) is 16.7 Å². The van der Waals surface area contributed by atoms with E-state index in [9.17, 15) is 10.1 Å². The normalized spacial score (nSPS) is 17.4. The lowest BCUT2D eigenvalue weighted by Gasteiger charge is -2.30. The molecule has 0 radical (unpaired) electrons. The fourth-order valence-corrected chi connectivity index (χ4v) is 3.42. The van der Waals surface area contributed by atoms with Crippen molar-refractivity contribution in [3.05, 3.63) is 53.9 Å². The Hall–Kier alpha value is -2.61. The van der Waals surface area contributed by atoms with Crippen molar-refractivity contribution >= 4 is 5.91 Å². The molecule has 1 atom stereocenters. The predicted molar refractivity (Wildman–Crippen MR) is 95.5 cm³/mol. The van der Waals surface area contributed by atoms with Gasteiger partial charge in [0.1, 0.15) is 5.41 Å². The minimum absolute atomic E-state index is 0.141. The molecule has 1 aliphatic rings. The molecule has 1 aromatic carbocycles. The number of aromatic nitrogens is 2. The van der Waals surface area contributed by atoms with Crippen LogP contribution in [-0.2, 0) is 11.3 Å². The highest BCUT2D eigenvalue weighted by atomic mass is 16.2. The molecular formula is C20H24N4O. The fourth-order valence-electron chi connectivity index (χ4n) is 3.42. The molecule has 1 aromatic heterocycles. The Labute approximate surface area is 148 Å². The first-order chi connectivity index (χ1) is 12.1. The second kappa shape index (κ2) is 7.52. The third kappa shape index (κ3) is 3.90. The smallest absolute Gasteiger partial charge is 0.240 e. The molecule has 1 heterocycles. The average molecular weight is 336 g/mol.